The Morgan fingerprint density at radius 3 is 2.60 bits per heavy atom. The highest BCUT2D eigenvalue weighted by molar-refractivity contribution is 5.79. The molecule has 2 rings (SSSR count). The van der Waals surface area contributed by atoms with Gasteiger partial charge in [-0.3, -0.25) is 4.99 Å². The molecule has 1 heterocycles. The molecular weight excluding hydrogens is 397 g/mol. The summed E-state index contributed by atoms with van der Waals surface area (Å²) in [6.45, 7) is 2.06. The van der Waals surface area contributed by atoms with Crippen molar-refractivity contribution >= 4 is 5.96 Å². The third kappa shape index (κ3) is 8.69. The maximum Gasteiger partial charge on any atom is 0.422 e. The highest BCUT2D eigenvalue weighted by Crippen LogP contribution is 2.20. The number of halogens is 3. The molecule has 0 saturated carbocycles. The first-order valence-corrected chi connectivity index (χ1v) is 9.63. The average molecular weight is 424 g/mol. The number of benzene rings is 1. The predicted molar refractivity (Wildman–Crippen MR) is 109 cm³/mol. The summed E-state index contributed by atoms with van der Waals surface area (Å²) >= 11 is 0. The summed E-state index contributed by atoms with van der Waals surface area (Å²) in [6, 6.07) is 13.3. The quantitative estimate of drug-likeness (QED) is 0.345. The molecule has 0 saturated heterocycles. The van der Waals surface area contributed by atoms with E-state index in [1.54, 1.807) is 19.2 Å². The van der Waals surface area contributed by atoms with Crippen LogP contribution in [0.2, 0.25) is 0 Å². The van der Waals surface area contributed by atoms with Crippen molar-refractivity contribution in [3.05, 3.63) is 59.8 Å². The van der Waals surface area contributed by atoms with Crippen LogP contribution in [-0.2, 0) is 11.3 Å². The number of alkyl halides is 3. The third-order valence-electron chi connectivity index (χ3n) is 4.14. The van der Waals surface area contributed by atoms with Gasteiger partial charge in [0.1, 0.15) is 0 Å². The summed E-state index contributed by atoms with van der Waals surface area (Å²) in [5, 5.41) is 6.19. The van der Waals surface area contributed by atoms with Crippen molar-refractivity contribution < 1.29 is 22.6 Å². The van der Waals surface area contributed by atoms with E-state index in [0.717, 1.165) is 12.0 Å². The lowest BCUT2D eigenvalue weighted by Crippen LogP contribution is -2.37. The van der Waals surface area contributed by atoms with E-state index < -0.39 is 12.8 Å². The zero-order valence-corrected chi connectivity index (χ0v) is 17.1. The van der Waals surface area contributed by atoms with Crippen LogP contribution in [0.4, 0.5) is 13.2 Å². The molecule has 0 radical (unpaired) electrons. The van der Waals surface area contributed by atoms with Crippen LogP contribution < -0.4 is 15.4 Å². The molecule has 1 aromatic carbocycles. The number of pyridine rings is 1. The van der Waals surface area contributed by atoms with E-state index in [2.05, 4.69) is 20.6 Å². The number of aromatic nitrogens is 1. The Morgan fingerprint density at radius 2 is 1.90 bits per heavy atom. The minimum absolute atomic E-state index is 0.0179. The molecule has 1 aromatic heterocycles. The van der Waals surface area contributed by atoms with Crippen molar-refractivity contribution in [2.24, 2.45) is 4.99 Å². The van der Waals surface area contributed by atoms with Gasteiger partial charge in [0, 0.05) is 38.5 Å². The molecule has 0 aliphatic rings. The first-order chi connectivity index (χ1) is 14.4. The van der Waals surface area contributed by atoms with Crippen LogP contribution in [-0.4, -0.2) is 43.9 Å². The number of rotatable bonds is 10. The van der Waals surface area contributed by atoms with Gasteiger partial charge in [-0.1, -0.05) is 36.4 Å². The van der Waals surface area contributed by atoms with Gasteiger partial charge in [0.05, 0.1) is 6.10 Å². The molecule has 6 nitrogen and oxygen atoms in total. The molecule has 9 heteroatoms. The van der Waals surface area contributed by atoms with E-state index in [1.165, 1.54) is 6.20 Å². The van der Waals surface area contributed by atoms with E-state index in [4.69, 9.17) is 9.47 Å². The lowest BCUT2D eigenvalue weighted by Gasteiger charge is -2.16. The number of nitrogens with one attached hydrogen (secondary N) is 2. The first-order valence-electron chi connectivity index (χ1n) is 9.63. The fraction of sp³-hybridized carbons (Fsp3) is 0.429. The second-order valence-electron chi connectivity index (χ2n) is 6.50. The van der Waals surface area contributed by atoms with Crippen LogP contribution in [0.5, 0.6) is 5.88 Å². The Kier molecular flexibility index (Phi) is 9.40. The van der Waals surface area contributed by atoms with Crippen molar-refractivity contribution in [3.63, 3.8) is 0 Å². The van der Waals surface area contributed by atoms with Gasteiger partial charge in [0.2, 0.25) is 5.88 Å². The molecule has 1 atom stereocenters. The van der Waals surface area contributed by atoms with Crippen molar-refractivity contribution in [2.75, 3.05) is 26.8 Å². The Morgan fingerprint density at radius 1 is 1.13 bits per heavy atom. The van der Waals surface area contributed by atoms with Crippen LogP contribution in [0.25, 0.3) is 0 Å². The largest absolute Gasteiger partial charge is 0.468 e. The fourth-order valence-corrected chi connectivity index (χ4v) is 2.60. The average Bonchev–Trinajstić information content (AvgIpc) is 2.74. The monoisotopic (exact) mass is 424 g/mol. The number of nitrogens with zero attached hydrogens (tertiary/aromatic N) is 2. The van der Waals surface area contributed by atoms with Crippen molar-refractivity contribution in [2.45, 2.75) is 32.2 Å². The van der Waals surface area contributed by atoms with Crippen molar-refractivity contribution in [1.29, 1.82) is 0 Å². The number of hydrogen-bond donors (Lipinski definition) is 2. The van der Waals surface area contributed by atoms with Gasteiger partial charge in [0.15, 0.2) is 12.6 Å². The zero-order chi connectivity index (χ0) is 21.8. The van der Waals surface area contributed by atoms with Gasteiger partial charge in [-0.25, -0.2) is 4.98 Å². The van der Waals surface area contributed by atoms with Crippen molar-refractivity contribution in [3.8, 4) is 5.88 Å². The second kappa shape index (κ2) is 12.0. The molecule has 2 aromatic rings. The lowest BCUT2D eigenvalue weighted by molar-refractivity contribution is -0.154. The standard InChI is InChI=1S/C21H27F3N4O2/c1-16(17-8-4-3-5-9-17)29-13-7-12-27-20(25-2)28-14-18-10-6-11-26-19(18)30-15-21(22,23)24/h3-6,8-11,16H,7,12-15H2,1-2H3,(H2,25,27,28). The molecule has 0 bridgehead atoms. The summed E-state index contributed by atoms with van der Waals surface area (Å²) < 4.78 is 47.8. The Balaban J connectivity index is 1.71. The summed E-state index contributed by atoms with van der Waals surface area (Å²) in [7, 11) is 1.62. The SMILES string of the molecule is CN=C(NCCCOC(C)c1ccccc1)NCc1cccnc1OCC(F)(F)F. The predicted octanol–water partition coefficient (Wildman–Crippen LogP) is 3.86. The topological polar surface area (TPSA) is 67.8 Å². The molecule has 30 heavy (non-hydrogen) atoms. The number of hydrogen-bond acceptors (Lipinski definition) is 4. The molecular formula is C21H27F3N4O2. The van der Waals surface area contributed by atoms with E-state index >= 15 is 0 Å². The van der Waals surface area contributed by atoms with Gasteiger partial charge in [0.25, 0.3) is 0 Å². The van der Waals surface area contributed by atoms with Crippen LogP contribution >= 0.6 is 0 Å². The molecule has 0 aliphatic heterocycles. The van der Waals surface area contributed by atoms with E-state index in [9.17, 15) is 13.2 Å². The summed E-state index contributed by atoms with van der Waals surface area (Å²) in [5.74, 6) is 0.470. The highest BCUT2D eigenvalue weighted by Gasteiger charge is 2.29. The molecule has 0 aliphatic carbocycles. The fourth-order valence-electron chi connectivity index (χ4n) is 2.60. The number of guanidine groups is 1. The van der Waals surface area contributed by atoms with Gasteiger partial charge < -0.3 is 20.1 Å². The van der Waals surface area contributed by atoms with Crippen LogP contribution in [0.3, 0.4) is 0 Å². The molecule has 0 amide bonds. The van der Waals surface area contributed by atoms with E-state index in [1.807, 2.05) is 37.3 Å². The van der Waals surface area contributed by atoms with E-state index in [0.29, 0.717) is 24.7 Å². The minimum Gasteiger partial charge on any atom is -0.468 e. The Labute approximate surface area is 174 Å². The zero-order valence-electron chi connectivity index (χ0n) is 17.1. The molecule has 2 N–H and O–H groups in total. The van der Waals surface area contributed by atoms with Crippen LogP contribution in [0, 0.1) is 0 Å². The smallest absolute Gasteiger partial charge is 0.422 e. The Hall–Kier alpha value is -2.81. The molecule has 164 valence electrons. The minimum atomic E-state index is -4.42. The van der Waals surface area contributed by atoms with Crippen LogP contribution in [0.15, 0.2) is 53.7 Å². The summed E-state index contributed by atoms with van der Waals surface area (Å²) in [5.41, 5.74) is 1.63. The van der Waals surface area contributed by atoms with Gasteiger partial charge in [-0.15, -0.1) is 0 Å². The second-order valence-corrected chi connectivity index (χ2v) is 6.50. The van der Waals surface area contributed by atoms with Gasteiger partial charge in [-0.2, -0.15) is 13.2 Å². The third-order valence-corrected chi connectivity index (χ3v) is 4.14. The molecule has 1 unspecified atom stereocenters. The summed E-state index contributed by atoms with van der Waals surface area (Å²) in [6.07, 6.45) is -2.24. The van der Waals surface area contributed by atoms with E-state index in [-0.39, 0.29) is 18.5 Å². The van der Waals surface area contributed by atoms with Gasteiger partial charge >= 0.3 is 6.18 Å². The number of aliphatic imine (C=N–C) groups is 1. The Bertz CT molecular complexity index is 785. The maximum absolute atomic E-state index is 12.4. The van der Waals surface area contributed by atoms with Crippen LogP contribution in [0.1, 0.15) is 30.6 Å². The normalized spacial score (nSPS) is 13.0. The molecule has 0 spiro atoms. The van der Waals surface area contributed by atoms with Crippen molar-refractivity contribution in [1.82, 2.24) is 15.6 Å². The summed E-state index contributed by atoms with van der Waals surface area (Å²) in [4.78, 5) is 7.99. The van der Waals surface area contributed by atoms with Gasteiger partial charge in [-0.05, 0) is 25.0 Å². The number of ether oxygens (including phenoxy) is 2. The maximum atomic E-state index is 12.4. The molecule has 0 fully saturated rings. The first kappa shape index (κ1) is 23.5. The highest BCUT2D eigenvalue weighted by atomic mass is 19.4. The lowest BCUT2D eigenvalue weighted by atomic mass is 10.1.